The smallest absolute Gasteiger partial charge is 0.846 e. The van der Waals surface area contributed by atoms with E-state index < -0.39 is 23.3 Å². The summed E-state index contributed by atoms with van der Waals surface area (Å²) < 4.78 is 0. The molecule has 7 heteroatoms. The second kappa shape index (κ2) is 6.93. The number of rotatable bonds is 4. The maximum atomic E-state index is 12.2. The van der Waals surface area contributed by atoms with Crippen molar-refractivity contribution in [1.29, 1.82) is 0 Å². The summed E-state index contributed by atoms with van der Waals surface area (Å²) in [4.78, 5) is 28.6. The minimum atomic E-state index is -1.18. The van der Waals surface area contributed by atoms with E-state index >= 15 is 0 Å². The number of nitrogens with zero attached hydrogens (tertiary/aromatic N) is 2. The molecule has 1 unspecified atom stereocenters. The molecule has 1 rings (SSSR count). The fourth-order valence-electron chi connectivity index (χ4n) is 1.79. The third-order valence-electron chi connectivity index (χ3n) is 3.07. The number of carbonyl (C=O) groups excluding carboxylic acids is 2. The van der Waals surface area contributed by atoms with Crippen molar-refractivity contribution in [3.05, 3.63) is 0 Å². The maximum absolute atomic E-state index is 12.2. The molecule has 1 aliphatic rings. The molecular weight excluding hydrogens is 263 g/mol. The van der Waals surface area contributed by atoms with Gasteiger partial charge in [-0.25, -0.2) is 4.99 Å². The van der Waals surface area contributed by atoms with Gasteiger partial charge in [0.1, 0.15) is 5.41 Å². The van der Waals surface area contributed by atoms with Crippen LogP contribution in [-0.4, -0.2) is 41.3 Å². The molecule has 0 aliphatic carbocycles. The summed E-state index contributed by atoms with van der Waals surface area (Å²) in [7, 11) is 1.37. The standard InChI is InChI=1S/C11H18N2O3S.Na/c1-5-17-6-11(7(2)3)8(14)12-10(16)13(4)9(11)15;/h7H,5-6H2,1-4H3,(H,12,14,16);/q;+1/p-1. The Balaban J connectivity index is 0.00000289. The Kier molecular flexibility index (Phi) is 6.92. The Hall–Kier alpha value is -0.0400. The number of amidine groups is 1. The number of hydrogen-bond donors (Lipinski definition) is 0. The van der Waals surface area contributed by atoms with Crippen molar-refractivity contribution in [1.82, 2.24) is 4.90 Å². The van der Waals surface area contributed by atoms with Crippen LogP contribution in [0.15, 0.2) is 4.99 Å². The number of amides is 2. The van der Waals surface area contributed by atoms with Crippen molar-refractivity contribution < 1.29 is 44.3 Å². The zero-order valence-electron chi connectivity index (χ0n) is 11.5. The van der Waals surface area contributed by atoms with E-state index in [1.54, 1.807) is 0 Å². The van der Waals surface area contributed by atoms with Gasteiger partial charge in [-0.2, -0.15) is 11.8 Å². The van der Waals surface area contributed by atoms with Gasteiger partial charge in [-0.15, -0.1) is 0 Å². The Morgan fingerprint density at radius 2 is 2.00 bits per heavy atom. The van der Waals surface area contributed by atoms with Crippen molar-refractivity contribution in [3.8, 4) is 0 Å². The van der Waals surface area contributed by atoms with Crippen LogP contribution < -0.4 is 34.7 Å². The molecule has 0 saturated heterocycles. The van der Waals surface area contributed by atoms with Gasteiger partial charge < -0.3 is 10.0 Å². The van der Waals surface area contributed by atoms with E-state index in [1.807, 2.05) is 20.8 Å². The van der Waals surface area contributed by atoms with Gasteiger partial charge in [0.15, 0.2) is 0 Å². The van der Waals surface area contributed by atoms with Crippen molar-refractivity contribution in [2.75, 3.05) is 18.6 Å². The van der Waals surface area contributed by atoms with E-state index in [2.05, 4.69) is 4.99 Å². The molecule has 1 heterocycles. The first-order chi connectivity index (χ1) is 7.87. The SMILES string of the molecule is CCSCC1(C(C)C)C(=O)N=C([O-])N(C)C1=O.[Na+]. The largest absolute Gasteiger partial charge is 1.00 e. The van der Waals surface area contributed by atoms with Crippen LogP contribution in [0.25, 0.3) is 0 Å². The molecule has 96 valence electrons. The van der Waals surface area contributed by atoms with E-state index in [-0.39, 0.29) is 35.5 Å². The first-order valence-electron chi connectivity index (χ1n) is 5.54. The van der Waals surface area contributed by atoms with Crippen LogP contribution in [0, 0.1) is 11.3 Å². The molecular formula is C11H17N2NaO3S. The molecule has 0 fully saturated rings. The summed E-state index contributed by atoms with van der Waals surface area (Å²) in [6.07, 6.45) is 0. The summed E-state index contributed by atoms with van der Waals surface area (Å²) in [6.45, 7) is 5.58. The molecule has 1 aliphatic heterocycles. The first-order valence-corrected chi connectivity index (χ1v) is 6.69. The van der Waals surface area contributed by atoms with Gasteiger partial charge in [-0.1, -0.05) is 20.8 Å². The molecule has 0 spiro atoms. The minimum absolute atomic E-state index is 0. The molecule has 1 atom stereocenters. The summed E-state index contributed by atoms with van der Waals surface area (Å²) >= 11 is 1.51. The van der Waals surface area contributed by atoms with Gasteiger partial charge >= 0.3 is 29.6 Å². The second-order valence-corrected chi connectivity index (χ2v) is 5.60. The van der Waals surface area contributed by atoms with Crippen LogP contribution >= 0.6 is 11.8 Å². The zero-order valence-corrected chi connectivity index (χ0v) is 14.3. The predicted octanol–water partition coefficient (Wildman–Crippen LogP) is -2.90. The van der Waals surface area contributed by atoms with Gasteiger partial charge in [0.05, 0.1) is 6.02 Å². The van der Waals surface area contributed by atoms with Gasteiger partial charge in [0.25, 0.3) is 5.91 Å². The van der Waals surface area contributed by atoms with Crippen LogP contribution in [0.5, 0.6) is 0 Å². The fourth-order valence-corrected chi connectivity index (χ4v) is 2.89. The van der Waals surface area contributed by atoms with E-state index in [9.17, 15) is 14.7 Å². The summed E-state index contributed by atoms with van der Waals surface area (Å²) in [5.74, 6) is -0.0204. The van der Waals surface area contributed by atoms with Crippen molar-refractivity contribution in [2.24, 2.45) is 16.3 Å². The third kappa shape index (κ3) is 2.92. The Labute approximate surface area is 134 Å². The summed E-state index contributed by atoms with van der Waals surface area (Å²) in [5, 5.41) is 11.3. The fraction of sp³-hybridized carbons (Fsp3) is 0.727. The summed E-state index contributed by atoms with van der Waals surface area (Å²) in [5.41, 5.74) is -1.18. The number of hydrogen-bond acceptors (Lipinski definition) is 4. The van der Waals surface area contributed by atoms with Crippen molar-refractivity contribution in [3.63, 3.8) is 0 Å². The monoisotopic (exact) mass is 280 g/mol. The minimum Gasteiger partial charge on any atom is -0.846 e. The number of carbonyl (C=O) groups is 2. The molecule has 0 aromatic rings. The molecule has 0 saturated carbocycles. The van der Waals surface area contributed by atoms with Crippen LogP contribution in [-0.2, 0) is 9.59 Å². The van der Waals surface area contributed by atoms with E-state index in [1.165, 1.54) is 18.8 Å². The number of thioether (sulfide) groups is 1. The van der Waals surface area contributed by atoms with Crippen LogP contribution in [0.3, 0.4) is 0 Å². The molecule has 0 radical (unpaired) electrons. The van der Waals surface area contributed by atoms with E-state index in [0.29, 0.717) is 5.75 Å². The molecule has 0 aromatic carbocycles. The average Bonchev–Trinajstić information content (AvgIpc) is 2.26. The average molecular weight is 280 g/mol. The van der Waals surface area contributed by atoms with Gasteiger partial charge in [0, 0.05) is 12.8 Å². The first kappa shape index (κ1) is 18.0. The Morgan fingerprint density at radius 1 is 1.44 bits per heavy atom. The van der Waals surface area contributed by atoms with Gasteiger partial charge in [0.2, 0.25) is 5.91 Å². The normalized spacial score (nSPS) is 24.1. The topological polar surface area (TPSA) is 72.8 Å². The summed E-state index contributed by atoms with van der Waals surface area (Å²) in [6, 6.07) is -0.766. The van der Waals surface area contributed by atoms with Crippen molar-refractivity contribution in [2.45, 2.75) is 20.8 Å². The van der Waals surface area contributed by atoms with Gasteiger partial charge in [-0.05, 0) is 11.7 Å². The van der Waals surface area contributed by atoms with Gasteiger partial charge in [-0.3, -0.25) is 9.59 Å². The second-order valence-electron chi connectivity index (χ2n) is 4.33. The van der Waals surface area contributed by atoms with E-state index in [4.69, 9.17) is 0 Å². The molecule has 0 bridgehead atoms. The molecule has 18 heavy (non-hydrogen) atoms. The molecule has 0 aromatic heterocycles. The van der Waals surface area contributed by atoms with E-state index in [0.717, 1.165) is 10.7 Å². The predicted molar refractivity (Wildman–Crippen MR) is 65.5 cm³/mol. The maximum Gasteiger partial charge on any atom is 1.00 e. The van der Waals surface area contributed by atoms with Crippen LogP contribution in [0.2, 0.25) is 0 Å². The van der Waals surface area contributed by atoms with Crippen LogP contribution in [0.1, 0.15) is 20.8 Å². The molecule has 0 N–H and O–H groups in total. The number of aliphatic imine (C=N–C) groups is 1. The zero-order chi connectivity index (χ0) is 13.2. The molecule has 2 amide bonds. The van der Waals surface area contributed by atoms with Crippen LogP contribution in [0.4, 0.5) is 0 Å². The Bertz CT molecular complexity index is 373. The quantitative estimate of drug-likeness (QED) is 0.409. The third-order valence-corrected chi connectivity index (χ3v) is 4.14. The van der Waals surface area contributed by atoms with Crippen molar-refractivity contribution >= 4 is 29.6 Å². The molecule has 5 nitrogen and oxygen atoms in total. The Morgan fingerprint density at radius 3 is 2.44 bits per heavy atom.